The normalized spacial score (nSPS) is 14.3. The van der Waals surface area contributed by atoms with Crippen LogP contribution in [0.2, 0.25) is 0 Å². The number of aromatic nitrogens is 3. The Balaban J connectivity index is 1.63. The molecule has 1 N–H and O–H groups in total. The van der Waals surface area contributed by atoms with E-state index in [1.807, 2.05) is 0 Å². The van der Waals surface area contributed by atoms with Crippen LogP contribution in [0.3, 0.4) is 0 Å². The van der Waals surface area contributed by atoms with Gasteiger partial charge in [0.2, 0.25) is 0 Å². The Morgan fingerprint density at radius 3 is 3.05 bits per heavy atom. The number of hydrogen-bond acceptors (Lipinski definition) is 3. The molecule has 0 aliphatic carbocycles. The number of aryl methyl sites for hydroxylation is 1. The first-order valence-electron chi connectivity index (χ1n) is 6.79. The lowest BCUT2D eigenvalue weighted by Crippen LogP contribution is -2.19. The topological polar surface area (TPSA) is 42.7 Å². The average molecular weight is 339 g/mol. The number of fused-ring (bicyclic) bond motifs is 1. The minimum atomic E-state index is -0.218. The summed E-state index contributed by atoms with van der Waals surface area (Å²) >= 11 is 3.43. The van der Waals surface area contributed by atoms with E-state index in [9.17, 15) is 4.39 Å². The quantitative estimate of drug-likeness (QED) is 0.932. The van der Waals surface area contributed by atoms with Gasteiger partial charge in [-0.15, -0.1) is 10.2 Å². The number of nitrogens with one attached hydrogen (secondary N) is 1. The Morgan fingerprint density at radius 2 is 2.15 bits per heavy atom. The average Bonchev–Trinajstić information content (AvgIpc) is 2.86. The van der Waals surface area contributed by atoms with Gasteiger partial charge in [-0.05, 0) is 36.6 Å². The van der Waals surface area contributed by atoms with E-state index in [1.54, 1.807) is 6.07 Å². The highest BCUT2D eigenvalue weighted by Crippen LogP contribution is 2.18. The van der Waals surface area contributed by atoms with Crippen molar-refractivity contribution in [2.75, 3.05) is 0 Å². The Bertz CT molecular complexity index is 611. The summed E-state index contributed by atoms with van der Waals surface area (Å²) in [6, 6.07) is 4.71. The van der Waals surface area contributed by atoms with Gasteiger partial charge in [0, 0.05) is 24.0 Å². The molecule has 0 bridgehead atoms. The summed E-state index contributed by atoms with van der Waals surface area (Å²) in [5.41, 5.74) is 0.906. The molecule has 1 aromatic heterocycles. The van der Waals surface area contributed by atoms with Crippen LogP contribution in [0.1, 0.15) is 30.1 Å². The zero-order chi connectivity index (χ0) is 13.9. The summed E-state index contributed by atoms with van der Waals surface area (Å²) in [6.07, 6.45) is 3.40. The summed E-state index contributed by atoms with van der Waals surface area (Å²) < 4.78 is 16.3. The molecule has 0 spiro atoms. The van der Waals surface area contributed by atoms with Crippen LogP contribution in [0.5, 0.6) is 0 Å². The monoisotopic (exact) mass is 338 g/mol. The van der Waals surface area contributed by atoms with E-state index in [-0.39, 0.29) is 5.82 Å². The third-order valence-corrected chi connectivity index (χ3v) is 4.32. The maximum Gasteiger partial charge on any atom is 0.147 e. The Morgan fingerprint density at radius 1 is 1.25 bits per heavy atom. The van der Waals surface area contributed by atoms with Crippen molar-refractivity contribution in [1.29, 1.82) is 0 Å². The zero-order valence-corrected chi connectivity index (χ0v) is 12.7. The Labute approximate surface area is 125 Å². The van der Waals surface area contributed by atoms with Crippen LogP contribution in [0.15, 0.2) is 22.7 Å². The van der Waals surface area contributed by atoms with Gasteiger partial charge in [0.05, 0.1) is 6.54 Å². The number of hydrogen-bond donors (Lipinski definition) is 1. The van der Waals surface area contributed by atoms with Crippen molar-refractivity contribution in [3.63, 3.8) is 0 Å². The second-order valence-electron chi connectivity index (χ2n) is 4.98. The van der Waals surface area contributed by atoms with Gasteiger partial charge in [0.1, 0.15) is 17.5 Å². The number of nitrogens with zero attached hydrogens (tertiary/aromatic N) is 3. The van der Waals surface area contributed by atoms with Crippen LogP contribution in [0, 0.1) is 5.82 Å². The molecular formula is C14H16BrFN4. The second-order valence-corrected chi connectivity index (χ2v) is 5.83. The van der Waals surface area contributed by atoms with E-state index in [0.29, 0.717) is 13.1 Å². The van der Waals surface area contributed by atoms with Gasteiger partial charge in [-0.25, -0.2) is 4.39 Å². The Hall–Kier alpha value is -1.27. The molecule has 0 saturated carbocycles. The van der Waals surface area contributed by atoms with Crippen molar-refractivity contribution < 1.29 is 4.39 Å². The first kappa shape index (κ1) is 13.7. The maximum atomic E-state index is 13.2. The van der Waals surface area contributed by atoms with E-state index in [4.69, 9.17) is 0 Å². The van der Waals surface area contributed by atoms with Crippen molar-refractivity contribution in [1.82, 2.24) is 20.1 Å². The Kier molecular flexibility index (Phi) is 4.12. The van der Waals surface area contributed by atoms with E-state index in [1.165, 1.54) is 25.0 Å². The van der Waals surface area contributed by atoms with Gasteiger partial charge in [0.15, 0.2) is 0 Å². The zero-order valence-electron chi connectivity index (χ0n) is 11.1. The minimum Gasteiger partial charge on any atom is -0.314 e. The second kappa shape index (κ2) is 6.01. The van der Waals surface area contributed by atoms with E-state index in [0.717, 1.165) is 34.7 Å². The molecule has 0 saturated heterocycles. The third-order valence-electron chi connectivity index (χ3n) is 3.54. The molecule has 1 aromatic carbocycles. The number of benzene rings is 1. The molecule has 4 nitrogen and oxygen atoms in total. The molecule has 0 radical (unpaired) electrons. The highest BCUT2D eigenvalue weighted by atomic mass is 79.9. The van der Waals surface area contributed by atoms with Crippen LogP contribution in [0.4, 0.5) is 4.39 Å². The van der Waals surface area contributed by atoms with Crippen LogP contribution in [-0.4, -0.2) is 14.8 Å². The molecule has 1 aliphatic heterocycles. The SMILES string of the molecule is Fc1ccc(Br)c(CNCc2nnc3n2CCCC3)c1. The summed E-state index contributed by atoms with van der Waals surface area (Å²) in [5.74, 6) is 1.83. The van der Waals surface area contributed by atoms with E-state index < -0.39 is 0 Å². The van der Waals surface area contributed by atoms with Crippen molar-refractivity contribution in [2.24, 2.45) is 0 Å². The highest BCUT2D eigenvalue weighted by Gasteiger charge is 2.15. The van der Waals surface area contributed by atoms with E-state index >= 15 is 0 Å². The molecule has 0 fully saturated rings. The number of rotatable bonds is 4. The van der Waals surface area contributed by atoms with Crippen LogP contribution < -0.4 is 5.32 Å². The fourth-order valence-electron chi connectivity index (χ4n) is 2.49. The molecule has 1 aliphatic rings. The van der Waals surface area contributed by atoms with E-state index in [2.05, 4.69) is 36.0 Å². The molecule has 6 heteroatoms. The van der Waals surface area contributed by atoms with Crippen molar-refractivity contribution >= 4 is 15.9 Å². The van der Waals surface area contributed by atoms with Crippen molar-refractivity contribution in [3.05, 3.63) is 45.7 Å². The number of halogens is 2. The molecule has 3 rings (SSSR count). The predicted molar refractivity (Wildman–Crippen MR) is 77.6 cm³/mol. The standard InChI is InChI=1S/C14H16BrFN4/c15-12-5-4-11(16)7-10(12)8-17-9-14-19-18-13-3-1-2-6-20(13)14/h4-5,7,17H,1-3,6,8-9H2. The highest BCUT2D eigenvalue weighted by molar-refractivity contribution is 9.10. The fraction of sp³-hybridized carbons (Fsp3) is 0.429. The summed E-state index contributed by atoms with van der Waals surface area (Å²) in [5, 5.41) is 11.8. The fourth-order valence-corrected chi connectivity index (χ4v) is 2.87. The minimum absolute atomic E-state index is 0.218. The lowest BCUT2D eigenvalue weighted by molar-refractivity contribution is 0.497. The molecular weight excluding hydrogens is 323 g/mol. The van der Waals surface area contributed by atoms with Gasteiger partial charge in [0.25, 0.3) is 0 Å². The lowest BCUT2D eigenvalue weighted by atomic mass is 10.1. The molecule has 20 heavy (non-hydrogen) atoms. The largest absolute Gasteiger partial charge is 0.314 e. The summed E-state index contributed by atoms with van der Waals surface area (Å²) in [4.78, 5) is 0. The van der Waals surface area contributed by atoms with Crippen LogP contribution >= 0.6 is 15.9 Å². The van der Waals surface area contributed by atoms with Gasteiger partial charge < -0.3 is 9.88 Å². The molecule has 2 heterocycles. The molecule has 0 unspecified atom stereocenters. The van der Waals surface area contributed by atoms with Crippen LogP contribution in [0.25, 0.3) is 0 Å². The lowest BCUT2D eigenvalue weighted by Gasteiger charge is -2.15. The van der Waals surface area contributed by atoms with Gasteiger partial charge in [-0.2, -0.15) is 0 Å². The summed E-state index contributed by atoms with van der Waals surface area (Å²) in [7, 11) is 0. The van der Waals surface area contributed by atoms with Crippen LogP contribution in [-0.2, 0) is 26.1 Å². The molecule has 2 aromatic rings. The van der Waals surface area contributed by atoms with Gasteiger partial charge in [-0.3, -0.25) is 0 Å². The third kappa shape index (κ3) is 2.91. The molecule has 0 amide bonds. The van der Waals surface area contributed by atoms with Gasteiger partial charge >= 0.3 is 0 Å². The smallest absolute Gasteiger partial charge is 0.147 e. The van der Waals surface area contributed by atoms with Crippen molar-refractivity contribution in [2.45, 2.75) is 38.9 Å². The first-order chi connectivity index (χ1) is 9.74. The van der Waals surface area contributed by atoms with Crippen molar-refractivity contribution in [3.8, 4) is 0 Å². The first-order valence-corrected chi connectivity index (χ1v) is 7.59. The molecule has 0 atom stereocenters. The van der Waals surface area contributed by atoms with Gasteiger partial charge in [-0.1, -0.05) is 15.9 Å². The molecule has 106 valence electrons. The summed E-state index contributed by atoms with van der Waals surface area (Å²) in [6.45, 7) is 2.25. The maximum absolute atomic E-state index is 13.2. The predicted octanol–water partition coefficient (Wildman–Crippen LogP) is 2.81.